The standard InChI is InChI=1S/C8H5O.2CO.V/c9-8-6-4-2-1-3-5-7(6)8;2*1-2;/h1-2,4H,3H2;;;/q-1;;;. The van der Waals surface area contributed by atoms with Crippen LogP contribution in [0.1, 0.15) is 6.42 Å². The van der Waals surface area contributed by atoms with Crippen LogP contribution in [-0.4, -0.2) is 9.19 Å². The van der Waals surface area contributed by atoms with Gasteiger partial charge in [-0.25, -0.2) is 0 Å². The summed E-state index contributed by atoms with van der Waals surface area (Å²) in [6.07, 6.45) is 9.49. The van der Waals surface area contributed by atoms with Crippen LogP contribution >= 0.6 is 0 Å². The summed E-state index contributed by atoms with van der Waals surface area (Å²) in [7, 11) is 0. The molecular weight excluding hydrogens is 219 g/mol. The van der Waals surface area contributed by atoms with Crippen LogP contribution in [0.15, 0.2) is 16.9 Å². The van der Waals surface area contributed by atoms with E-state index in [-0.39, 0.29) is 5.43 Å². The van der Waals surface area contributed by atoms with Gasteiger partial charge in [0.05, 0.1) is 0 Å². The summed E-state index contributed by atoms with van der Waals surface area (Å²) in [5.41, 5.74) is 0.180. The van der Waals surface area contributed by atoms with Gasteiger partial charge >= 0.3 is 34.2 Å². The Morgan fingerprint density at radius 3 is 2.64 bits per heavy atom. The average Bonchev–Trinajstić information content (AvgIpc) is 2.86. The Morgan fingerprint density at radius 1 is 1.36 bits per heavy atom. The van der Waals surface area contributed by atoms with Crippen molar-refractivity contribution in [3.05, 3.63) is 32.8 Å². The zero-order valence-electron chi connectivity index (χ0n) is 7.11. The molecule has 1 aliphatic rings. The van der Waals surface area contributed by atoms with Crippen LogP contribution in [0.3, 0.4) is 0 Å². The van der Waals surface area contributed by atoms with Crippen LogP contribution in [0.4, 0.5) is 0 Å². The van der Waals surface area contributed by atoms with Gasteiger partial charge in [0.2, 0.25) is 0 Å². The van der Waals surface area contributed by atoms with Gasteiger partial charge < -0.3 is 4.79 Å². The van der Waals surface area contributed by atoms with E-state index in [1.807, 2.05) is 18.2 Å². The Kier molecular flexibility index (Phi) is 4.12. The first kappa shape index (κ1) is 10.7. The number of allylic oxidation sites excluding steroid dienone is 2. The average molecular weight is 224 g/mol. The first-order chi connectivity index (χ1) is 6.81. The first-order valence-electron chi connectivity index (χ1n) is 3.78. The Balaban J connectivity index is 0.000000171. The third kappa shape index (κ3) is 2.84. The molecule has 14 heavy (non-hydrogen) atoms. The molecule has 3 nitrogen and oxygen atoms in total. The molecule has 0 bridgehead atoms. The molecule has 0 spiro atoms. The molecular formula is C10H5O3V-. The van der Waals surface area contributed by atoms with Crippen LogP contribution in [0, 0.1) is 0 Å². The van der Waals surface area contributed by atoms with E-state index >= 15 is 0 Å². The molecule has 0 atom stereocenters. The monoisotopic (exact) mass is 224 g/mol. The molecule has 0 saturated carbocycles. The molecule has 69 valence electrons. The summed E-state index contributed by atoms with van der Waals surface area (Å²) < 4.78 is 2.88. The van der Waals surface area contributed by atoms with E-state index < -0.39 is 15.4 Å². The summed E-state index contributed by atoms with van der Waals surface area (Å²) in [6, 6.07) is 0. The summed E-state index contributed by atoms with van der Waals surface area (Å²) in [5, 5.41) is 1.66. The van der Waals surface area contributed by atoms with Gasteiger partial charge in [0, 0.05) is 5.43 Å². The maximum absolute atomic E-state index is 10.7. The van der Waals surface area contributed by atoms with Gasteiger partial charge in [-0.15, -0.1) is 11.3 Å². The largest absolute Gasteiger partial charge is 0.380 e. The molecule has 0 unspecified atom stereocenters. The second-order valence-corrected chi connectivity index (χ2v) is 3.31. The molecule has 0 aliphatic heterocycles. The van der Waals surface area contributed by atoms with E-state index in [0.29, 0.717) is 0 Å². The van der Waals surface area contributed by atoms with Crippen molar-refractivity contribution in [3.8, 4) is 0 Å². The smallest absolute Gasteiger partial charge is 0.0236 e. The van der Waals surface area contributed by atoms with Crippen LogP contribution < -0.4 is 15.9 Å². The molecule has 4 heteroatoms. The van der Waals surface area contributed by atoms with Gasteiger partial charge in [-0.2, -0.15) is 11.3 Å². The number of hydrogen-bond acceptors (Lipinski definition) is 3. The number of rotatable bonds is 0. The van der Waals surface area contributed by atoms with Crippen molar-refractivity contribution in [1.29, 1.82) is 0 Å². The second-order valence-electron chi connectivity index (χ2n) is 2.39. The van der Waals surface area contributed by atoms with Crippen molar-refractivity contribution >= 4 is 21.3 Å². The van der Waals surface area contributed by atoms with Gasteiger partial charge in [0.25, 0.3) is 0 Å². The molecule has 1 aromatic carbocycles. The van der Waals surface area contributed by atoms with E-state index in [4.69, 9.17) is 9.59 Å². The molecule has 0 fully saturated rings. The van der Waals surface area contributed by atoms with Crippen LogP contribution in [0.5, 0.6) is 0 Å². The molecule has 0 radical (unpaired) electrons. The predicted molar refractivity (Wildman–Crippen MR) is 47.4 cm³/mol. The van der Waals surface area contributed by atoms with Gasteiger partial charge in [-0.3, -0.25) is 0 Å². The molecule has 0 saturated heterocycles. The molecule has 0 heterocycles. The summed E-state index contributed by atoms with van der Waals surface area (Å²) >= 11 is -0.868. The van der Waals surface area contributed by atoms with E-state index in [9.17, 15) is 4.79 Å². The summed E-state index contributed by atoms with van der Waals surface area (Å²) in [5.74, 6) is 0. The van der Waals surface area contributed by atoms with Gasteiger partial charge in [0.15, 0.2) is 0 Å². The SMILES string of the molecule is O=[C]=[V]=[C]=O.O=c1c2c1=CC=CC[C-]=2. The quantitative estimate of drug-likeness (QED) is 0.505. The van der Waals surface area contributed by atoms with Gasteiger partial charge in [-0.05, 0) is 0 Å². The molecule has 0 aromatic heterocycles. The molecule has 2 rings (SSSR count). The van der Waals surface area contributed by atoms with Crippen molar-refractivity contribution in [1.82, 2.24) is 0 Å². The fourth-order valence-electron chi connectivity index (χ4n) is 0.930. The van der Waals surface area contributed by atoms with Crippen molar-refractivity contribution in [2.75, 3.05) is 0 Å². The van der Waals surface area contributed by atoms with E-state index in [0.717, 1.165) is 16.9 Å². The van der Waals surface area contributed by atoms with Crippen LogP contribution in [0.2, 0.25) is 0 Å². The second kappa shape index (κ2) is 5.38. The zero-order valence-corrected chi connectivity index (χ0v) is 8.51. The van der Waals surface area contributed by atoms with E-state index in [1.165, 1.54) is 9.19 Å². The van der Waals surface area contributed by atoms with Crippen molar-refractivity contribution in [2.24, 2.45) is 0 Å². The van der Waals surface area contributed by atoms with E-state index in [2.05, 4.69) is 6.08 Å². The third-order valence-corrected chi connectivity index (χ3v) is 1.85. The minimum atomic E-state index is -0.868. The van der Waals surface area contributed by atoms with Gasteiger partial charge in [0.1, 0.15) is 0 Å². The van der Waals surface area contributed by atoms with Crippen LogP contribution in [0.25, 0.3) is 12.2 Å². The normalized spacial score (nSPS) is 11.4. The fraction of sp³-hybridized carbons (Fsp3) is 0.100. The fourth-order valence-corrected chi connectivity index (χ4v) is 0.989. The minimum Gasteiger partial charge on any atom is -0.380 e. The van der Waals surface area contributed by atoms with Gasteiger partial charge in [-0.1, -0.05) is 18.6 Å². The maximum Gasteiger partial charge on any atom is 0.0236 e. The first-order valence-corrected chi connectivity index (χ1v) is 5.17. The summed E-state index contributed by atoms with van der Waals surface area (Å²) in [4.78, 5) is 28.8. The number of hydrogen-bond donors (Lipinski definition) is 0. The zero-order chi connectivity index (χ0) is 10.4. The number of carbonyl (C=O) groups excluding carboxylic acids is 2. The van der Waals surface area contributed by atoms with Crippen molar-refractivity contribution in [3.63, 3.8) is 0 Å². The molecule has 1 aromatic rings. The maximum atomic E-state index is 10.7. The van der Waals surface area contributed by atoms with Crippen molar-refractivity contribution < 1.29 is 25.0 Å². The molecule has 1 aliphatic carbocycles. The Bertz CT molecular complexity index is 571. The van der Waals surface area contributed by atoms with E-state index in [1.54, 1.807) is 0 Å². The Labute approximate surface area is 85.8 Å². The molecule has 0 amide bonds. The minimum absolute atomic E-state index is 0.180. The van der Waals surface area contributed by atoms with Crippen LogP contribution in [-0.2, 0) is 25.0 Å². The molecule has 0 N–H and O–H groups in total. The predicted octanol–water partition coefficient (Wildman–Crippen LogP) is -1.48. The Morgan fingerprint density at radius 2 is 2.07 bits per heavy atom. The topological polar surface area (TPSA) is 51.2 Å². The number of fused-ring (bicyclic) bond motifs is 1. The Hall–Kier alpha value is -1.37. The van der Waals surface area contributed by atoms with Crippen molar-refractivity contribution in [2.45, 2.75) is 6.42 Å². The summed E-state index contributed by atoms with van der Waals surface area (Å²) in [6.45, 7) is 0. The third-order valence-electron chi connectivity index (χ3n) is 1.57.